The average Bonchev–Trinajstić information content (AvgIpc) is 2.35. The zero-order valence-corrected chi connectivity index (χ0v) is 10.1. The Balaban J connectivity index is 2.33. The summed E-state index contributed by atoms with van der Waals surface area (Å²) in [6.45, 7) is 8.25. The highest BCUT2D eigenvalue weighted by atomic mass is 16.7. The first kappa shape index (κ1) is 13.3. The lowest BCUT2D eigenvalue weighted by atomic mass is 10.0. The summed E-state index contributed by atoms with van der Waals surface area (Å²) in [5.74, 6) is 0. The van der Waals surface area contributed by atoms with E-state index in [0.717, 1.165) is 31.5 Å². The largest absolute Gasteiger partial charge is 0.294 e. The third kappa shape index (κ3) is 4.37. The highest BCUT2D eigenvalue weighted by Crippen LogP contribution is 2.17. The highest BCUT2D eigenvalue weighted by Gasteiger charge is 2.05. The molecule has 0 heterocycles. The molecule has 86 valence electrons. The summed E-state index contributed by atoms with van der Waals surface area (Å²) in [6.07, 6.45) is 9.36. The van der Waals surface area contributed by atoms with E-state index in [-0.39, 0.29) is 0 Å². The lowest BCUT2D eigenvalue weighted by Gasteiger charge is -2.20. The molecule has 3 heteroatoms. The van der Waals surface area contributed by atoms with Gasteiger partial charge in [-0.15, -0.1) is 0 Å². The van der Waals surface area contributed by atoms with Crippen LogP contribution in [0.3, 0.4) is 0 Å². The van der Waals surface area contributed by atoms with E-state index in [2.05, 4.69) is 31.7 Å². The minimum Gasteiger partial charge on any atom is -0.294 e. The van der Waals surface area contributed by atoms with Crippen LogP contribution in [0.4, 0.5) is 0 Å². The first-order valence-corrected chi connectivity index (χ1v) is 5.90. The summed E-state index contributed by atoms with van der Waals surface area (Å²) < 4.78 is 0. The van der Waals surface area contributed by atoms with Gasteiger partial charge in [0.2, 0.25) is 0 Å². The van der Waals surface area contributed by atoms with Gasteiger partial charge in [0.1, 0.15) is 0 Å². The van der Waals surface area contributed by atoms with Crippen LogP contribution in [-0.4, -0.2) is 32.6 Å². The molecule has 0 aromatic heterocycles. The monoisotopic (exact) mass is 217 g/mol. The molecule has 0 saturated heterocycles. The van der Waals surface area contributed by atoms with Crippen LogP contribution in [0.2, 0.25) is 6.32 Å². The normalized spacial score (nSPS) is 15.2. The quantitative estimate of drug-likeness (QED) is 0.480. The number of allylic oxidation sites excluding steroid dienone is 3. The molecular formula is C13H20BNO. The van der Waals surface area contributed by atoms with Gasteiger partial charge in [-0.3, -0.25) is 4.84 Å². The summed E-state index contributed by atoms with van der Waals surface area (Å²) in [5, 5.41) is 1.87. The minimum absolute atomic E-state index is 0.546. The fourth-order valence-corrected chi connectivity index (χ4v) is 1.59. The van der Waals surface area contributed by atoms with Gasteiger partial charge in [0, 0.05) is 13.1 Å². The Bertz CT molecular complexity index is 284. The summed E-state index contributed by atoms with van der Waals surface area (Å²) in [5.41, 5.74) is 2.24. The van der Waals surface area contributed by atoms with Crippen molar-refractivity contribution in [3.8, 4) is 0 Å². The number of nitrogens with zero attached hydrogens (tertiary/aromatic N) is 1. The second-order valence-corrected chi connectivity index (χ2v) is 3.83. The molecule has 0 atom stereocenters. The summed E-state index contributed by atoms with van der Waals surface area (Å²) >= 11 is 0. The Morgan fingerprint density at radius 3 is 2.94 bits per heavy atom. The SMILES string of the molecule is [B]CCN(CC)OCC(=C)C1=CCCC=C1. The van der Waals surface area contributed by atoms with Crippen LogP contribution in [-0.2, 0) is 4.84 Å². The van der Waals surface area contributed by atoms with Gasteiger partial charge in [0.15, 0.2) is 0 Å². The third-order valence-electron chi connectivity index (χ3n) is 2.56. The van der Waals surface area contributed by atoms with E-state index >= 15 is 0 Å². The molecule has 2 nitrogen and oxygen atoms in total. The van der Waals surface area contributed by atoms with Gasteiger partial charge in [-0.1, -0.05) is 38.1 Å². The van der Waals surface area contributed by atoms with Crippen LogP contribution in [0, 0.1) is 0 Å². The van der Waals surface area contributed by atoms with Crippen LogP contribution >= 0.6 is 0 Å². The zero-order valence-electron chi connectivity index (χ0n) is 10.1. The van der Waals surface area contributed by atoms with Crippen molar-refractivity contribution in [2.24, 2.45) is 0 Å². The lowest BCUT2D eigenvalue weighted by molar-refractivity contribution is -0.142. The molecule has 0 N–H and O–H groups in total. The first-order valence-electron chi connectivity index (χ1n) is 5.90. The van der Waals surface area contributed by atoms with E-state index in [9.17, 15) is 0 Å². The molecule has 0 saturated carbocycles. The maximum Gasteiger partial charge on any atom is 0.0935 e. The molecule has 16 heavy (non-hydrogen) atoms. The van der Waals surface area contributed by atoms with Crippen molar-refractivity contribution in [2.45, 2.75) is 26.1 Å². The van der Waals surface area contributed by atoms with Crippen molar-refractivity contribution >= 4 is 7.85 Å². The Labute approximate surface area is 100 Å². The smallest absolute Gasteiger partial charge is 0.0935 e. The highest BCUT2D eigenvalue weighted by molar-refractivity contribution is 6.08. The molecule has 0 spiro atoms. The van der Waals surface area contributed by atoms with E-state index in [1.54, 1.807) is 0 Å². The van der Waals surface area contributed by atoms with Crippen LogP contribution in [0.1, 0.15) is 19.8 Å². The molecular weight excluding hydrogens is 197 g/mol. The molecule has 0 aliphatic heterocycles. The van der Waals surface area contributed by atoms with Crippen LogP contribution in [0.25, 0.3) is 0 Å². The summed E-state index contributed by atoms with van der Waals surface area (Å²) in [6, 6.07) is 0. The molecule has 0 aromatic rings. The van der Waals surface area contributed by atoms with Gasteiger partial charge >= 0.3 is 0 Å². The van der Waals surface area contributed by atoms with Crippen molar-refractivity contribution in [1.29, 1.82) is 0 Å². The molecule has 0 unspecified atom stereocenters. The number of hydrogen-bond acceptors (Lipinski definition) is 2. The van der Waals surface area contributed by atoms with Crippen LogP contribution in [0.5, 0.6) is 0 Å². The van der Waals surface area contributed by atoms with Gasteiger partial charge < -0.3 is 0 Å². The standard InChI is InChI=1S/C13H20BNO/c1-3-15(10-9-14)16-11-12(2)13-7-5-4-6-8-13/h5,7-8H,2-4,6,9-11H2,1H3. The number of hydrogen-bond donors (Lipinski definition) is 0. The second kappa shape index (κ2) is 7.47. The molecule has 0 bridgehead atoms. The zero-order chi connectivity index (χ0) is 11.8. The molecule has 0 fully saturated rings. The molecule has 1 aliphatic rings. The van der Waals surface area contributed by atoms with Gasteiger partial charge in [0.05, 0.1) is 14.5 Å². The van der Waals surface area contributed by atoms with Crippen molar-refractivity contribution < 1.29 is 4.84 Å². The van der Waals surface area contributed by atoms with Gasteiger partial charge in [-0.2, -0.15) is 5.06 Å². The third-order valence-corrected chi connectivity index (χ3v) is 2.56. The predicted octanol–water partition coefficient (Wildman–Crippen LogP) is 2.66. The lowest BCUT2D eigenvalue weighted by Crippen LogP contribution is -2.25. The Kier molecular flexibility index (Phi) is 6.20. The van der Waals surface area contributed by atoms with Gasteiger partial charge in [-0.25, -0.2) is 0 Å². The number of hydroxylamine groups is 2. The molecule has 1 aliphatic carbocycles. The average molecular weight is 217 g/mol. The van der Waals surface area contributed by atoms with Crippen molar-refractivity contribution in [1.82, 2.24) is 5.06 Å². The van der Waals surface area contributed by atoms with Gasteiger partial charge in [-0.05, 0) is 24.0 Å². The van der Waals surface area contributed by atoms with E-state index in [1.165, 1.54) is 5.57 Å². The Morgan fingerprint density at radius 2 is 2.38 bits per heavy atom. The summed E-state index contributed by atoms with van der Waals surface area (Å²) in [4.78, 5) is 5.63. The van der Waals surface area contributed by atoms with Crippen LogP contribution < -0.4 is 0 Å². The number of rotatable bonds is 7. The molecule has 0 amide bonds. The molecule has 0 aromatic carbocycles. The van der Waals surface area contributed by atoms with E-state index < -0.39 is 0 Å². The maximum absolute atomic E-state index is 5.63. The maximum atomic E-state index is 5.63. The second-order valence-electron chi connectivity index (χ2n) is 3.83. The molecule has 2 radical (unpaired) electrons. The summed E-state index contributed by atoms with van der Waals surface area (Å²) in [7, 11) is 5.49. The first-order chi connectivity index (χ1) is 7.77. The van der Waals surface area contributed by atoms with Crippen molar-refractivity contribution in [3.63, 3.8) is 0 Å². The predicted molar refractivity (Wildman–Crippen MR) is 69.4 cm³/mol. The minimum atomic E-state index is 0.546. The van der Waals surface area contributed by atoms with E-state index in [0.29, 0.717) is 12.9 Å². The Hall–Kier alpha value is -0.795. The fourth-order valence-electron chi connectivity index (χ4n) is 1.59. The topological polar surface area (TPSA) is 12.5 Å². The van der Waals surface area contributed by atoms with Crippen LogP contribution in [0.15, 0.2) is 36.0 Å². The Morgan fingerprint density at radius 1 is 1.56 bits per heavy atom. The van der Waals surface area contributed by atoms with Crippen molar-refractivity contribution in [2.75, 3.05) is 19.7 Å². The fraction of sp³-hybridized carbons (Fsp3) is 0.538. The van der Waals surface area contributed by atoms with Crippen molar-refractivity contribution in [3.05, 3.63) is 36.0 Å². The molecule has 1 rings (SSSR count). The van der Waals surface area contributed by atoms with Gasteiger partial charge in [0.25, 0.3) is 0 Å². The van der Waals surface area contributed by atoms with E-state index in [1.807, 2.05) is 5.06 Å². The van der Waals surface area contributed by atoms with E-state index in [4.69, 9.17) is 12.7 Å².